The van der Waals surface area contributed by atoms with Crippen LogP contribution in [0.2, 0.25) is 0 Å². The first-order valence-corrected chi connectivity index (χ1v) is 5.06. The second-order valence-electron chi connectivity index (χ2n) is 2.24. The molecule has 1 saturated heterocycles. The molecule has 2 nitrogen and oxygen atoms in total. The number of carbonyl (C=O) groups excluding carboxylic acids is 1. The summed E-state index contributed by atoms with van der Waals surface area (Å²) in [6.07, 6.45) is 6.90. The Kier molecular flexibility index (Phi) is 1.52. The average molecular weight is 249 g/mol. The van der Waals surface area contributed by atoms with Crippen LogP contribution in [-0.4, -0.2) is 5.97 Å². The average Bonchev–Trinajstić information content (AvgIpc) is 2.34. The van der Waals surface area contributed by atoms with Crippen molar-refractivity contribution in [1.82, 2.24) is 0 Å². The molecular weight excluding hydrogens is 243 g/mol. The minimum atomic E-state index is -0.399. The van der Waals surface area contributed by atoms with Crippen LogP contribution in [-0.2, 0) is 7.86 Å². The van der Waals surface area contributed by atoms with Crippen molar-refractivity contribution in [3.63, 3.8) is 0 Å². The summed E-state index contributed by atoms with van der Waals surface area (Å²) in [5.41, 5.74) is 0. The summed E-state index contributed by atoms with van der Waals surface area (Å²) in [7, 11) is 0. The first kappa shape index (κ1) is 6.39. The molecule has 0 radical (unpaired) electrons. The Morgan fingerprint density at radius 3 is 3.40 bits per heavy atom. The van der Waals surface area contributed by atoms with Crippen molar-refractivity contribution in [2.24, 2.45) is 5.92 Å². The first-order valence-electron chi connectivity index (χ1n) is 3.10. The van der Waals surface area contributed by atoms with Gasteiger partial charge in [-0.2, -0.15) is 0 Å². The number of hydrogen-bond acceptors (Lipinski definition) is 2. The molecule has 0 bridgehead atoms. The maximum absolute atomic E-state index is 10.9. The van der Waals surface area contributed by atoms with Crippen molar-refractivity contribution < 1.29 is 29.5 Å². The number of allylic oxidation sites excluding steroid dienone is 3. The van der Waals surface area contributed by atoms with Crippen molar-refractivity contribution in [3.05, 3.63) is 21.8 Å². The fourth-order valence-corrected chi connectivity index (χ4v) is 2.98. The number of rotatable bonds is 0. The minimum absolute atomic E-state index is 0.0107. The quantitative estimate of drug-likeness (QED) is 0.464. The van der Waals surface area contributed by atoms with Crippen LogP contribution in [0.4, 0.5) is 0 Å². The van der Waals surface area contributed by atoms with Gasteiger partial charge in [0.2, 0.25) is 0 Å². The first-order chi connectivity index (χ1) is 4.88. The number of halogens is 1. The van der Waals surface area contributed by atoms with Crippen molar-refractivity contribution in [3.8, 4) is 0 Å². The molecule has 10 heavy (non-hydrogen) atoms. The van der Waals surface area contributed by atoms with Crippen LogP contribution in [0.3, 0.4) is 0 Å². The van der Waals surface area contributed by atoms with Gasteiger partial charge in [-0.25, -0.2) is 0 Å². The molecule has 54 valence electrons. The standard InChI is InChI=1S/C7H6IO2/c9-7-5-3-1-2-4-6(5)8-10-7/h1-2,4-5H,3H2/q-1. The van der Waals surface area contributed by atoms with Crippen LogP contribution in [0.5, 0.6) is 0 Å². The van der Waals surface area contributed by atoms with E-state index in [0.29, 0.717) is 0 Å². The summed E-state index contributed by atoms with van der Waals surface area (Å²) < 4.78 is 6.20. The van der Waals surface area contributed by atoms with E-state index in [-0.39, 0.29) is 11.9 Å². The van der Waals surface area contributed by atoms with Gasteiger partial charge in [0.05, 0.1) is 0 Å². The molecule has 3 heteroatoms. The van der Waals surface area contributed by atoms with E-state index in [1.54, 1.807) is 0 Å². The van der Waals surface area contributed by atoms with Gasteiger partial charge in [-0.05, 0) is 0 Å². The van der Waals surface area contributed by atoms with Gasteiger partial charge in [0.25, 0.3) is 0 Å². The normalized spacial score (nSPS) is 30.2. The Morgan fingerprint density at radius 1 is 1.70 bits per heavy atom. The van der Waals surface area contributed by atoms with Crippen molar-refractivity contribution >= 4 is 5.97 Å². The number of fused-ring (bicyclic) bond motifs is 1. The van der Waals surface area contributed by atoms with E-state index >= 15 is 0 Å². The molecule has 0 N–H and O–H groups in total. The molecule has 2 aliphatic rings. The zero-order chi connectivity index (χ0) is 6.97. The predicted molar refractivity (Wildman–Crippen MR) is 31.4 cm³/mol. The van der Waals surface area contributed by atoms with Gasteiger partial charge < -0.3 is 0 Å². The second-order valence-corrected chi connectivity index (χ2v) is 4.37. The van der Waals surface area contributed by atoms with Gasteiger partial charge in [-0.3, -0.25) is 0 Å². The zero-order valence-corrected chi connectivity index (χ0v) is 7.37. The summed E-state index contributed by atoms with van der Waals surface area (Å²) in [5, 5.41) is 0. The SMILES string of the molecule is O=C1O[I-]C2=CC=CCC12. The van der Waals surface area contributed by atoms with Crippen LogP contribution < -0.4 is 21.6 Å². The van der Waals surface area contributed by atoms with E-state index in [1.165, 1.54) is 3.58 Å². The molecule has 1 aliphatic carbocycles. The zero-order valence-electron chi connectivity index (χ0n) is 5.21. The van der Waals surface area contributed by atoms with Crippen LogP contribution >= 0.6 is 0 Å². The number of hydrogen-bond donors (Lipinski definition) is 0. The molecule has 0 amide bonds. The topological polar surface area (TPSA) is 26.3 Å². The van der Waals surface area contributed by atoms with Crippen molar-refractivity contribution in [1.29, 1.82) is 0 Å². The monoisotopic (exact) mass is 249 g/mol. The molecule has 0 aromatic rings. The number of carbonyl (C=O) groups is 1. The summed E-state index contributed by atoms with van der Waals surface area (Å²) in [6, 6.07) is 0. The van der Waals surface area contributed by atoms with E-state index in [4.69, 9.17) is 3.07 Å². The van der Waals surface area contributed by atoms with Gasteiger partial charge in [-0.15, -0.1) is 0 Å². The third-order valence-electron chi connectivity index (χ3n) is 1.58. The molecule has 0 saturated carbocycles. The van der Waals surface area contributed by atoms with Crippen LogP contribution in [0, 0.1) is 5.92 Å². The molecule has 0 spiro atoms. The molecule has 1 aliphatic heterocycles. The van der Waals surface area contributed by atoms with E-state index in [2.05, 4.69) is 0 Å². The Bertz CT molecular complexity index is 230. The Hall–Kier alpha value is -0.320. The molecule has 0 aromatic heterocycles. The maximum atomic E-state index is 10.9. The summed E-state index contributed by atoms with van der Waals surface area (Å²) in [5.74, 6) is 0.0844. The molecule has 0 aromatic carbocycles. The third kappa shape index (κ3) is 0.885. The molecule has 1 fully saturated rings. The molecule has 1 heterocycles. The Morgan fingerprint density at radius 2 is 2.60 bits per heavy atom. The van der Waals surface area contributed by atoms with Crippen molar-refractivity contribution in [2.75, 3.05) is 0 Å². The van der Waals surface area contributed by atoms with Crippen molar-refractivity contribution in [2.45, 2.75) is 6.42 Å². The molecule has 1 unspecified atom stereocenters. The predicted octanol–water partition coefficient (Wildman–Crippen LogP) is -1.99. The van der Waals surface area contributed by atoms with Gasteiger partial charge in [-0.1, -0.05) is 0 Å². The van der Waals surface area contributed by atoms with E-state index in [1.807, 2.05) is 18.2 Å². The second kappa shape index (κ2) is 2.38. The van der Waals surface area contributed by atoms with E-state index < -0.39 is 21.6 Å². The summed E-state index contributed by atoms with van der Waals surface area (Å²) >= 11 is -0.399. The Labute approximate surface area is 69.8 Å². The Balaban J connectivity index is 2.31. The molecule has 1 atom stereocenters. The van der Waals surface area contributed by atoms with Crippen LogP contribution in [0.15, 0.2) is 21.8 Å². The third-order valence-corrected chi connectivity index (χ3v) is 3.86. The van der Waals surface area contributed by atoms with Crippen LogP contribution in [0.1, 0.15) is 6.42 Å². The van der Waals surface area contributed by atoms with Gasteiger partial charge in [0.15, 0.2) is 0 Å². The molecular formula is C7H6IO2-. The van der Waals surface area contributed by atoms with Gasteiger partial charge in [0.1, 0.15) is 0 Å². The summed E-state index contributed by atoms with van der Waals surface area (Å²) in [4.78, 5) is 10.9. The van der Waals surface area contributed by atoms with E-state index in [0.717, 1.165) is 6.42 Å². The summed E-state index contributed by atoms with van der Waals surface area (Å²) in [6.45, 7) is 0. The van der Waals surface area contributed by atoms with E-state index in [9.17, 15) is 4.79 Å². The fraction of sp³-hybridized carbons (Fsp3) is 0.286. The fourth-order valence-electron chi connectivity index (χ4n) is 1.03. The van der Waals surface area contributed by atoms with Gasteiger partial charge in [0, 0.05) is 0 Å². The molecule has 2 rings (SSSR count). The van der Waals surface area contributed by atoms with Gasteiger partial charge >= 0.3 is 69.6 Å². The van der Waals surface area contributed by atoms with Crippen LogP contribution in [0.25, 0.3) is 0 Å².